The summed E-state index contributed by atoms with van der Waals surface area (Å²) in [7, 11) is 0. The maximum Gasteiger partial charge on any atom is 0.335 e. The number of ether oxygens (including phenoxy) is 2. The van der Waals surface area contributed by atoms with E-state index in [1.54, 1.807) is 6.07 Å². The molecule has 1 aromatic heterocycles. The summed E-state index contributed by atoms with van der Waals surface area (Å²) in [6.45, 7) is 1.09. The molecule has 5 nitrogen and oxygen atoms in total. The first-order valence-corrected chi connectivity index (χ1v) is 6.81. The molecule has 1 aliphatic heterocycles. The Morgan fingerprint density at radius 1 is 1.15 bits per heavy atom. The summed E-state index contributed by atoms with van der Waals surface area (Å²) in [6, 6.07) is 8.62. The van der Waals surface area contributed by atoms with E-state index in [2.05, 4.69) is 4.98 Å². The lowest BCUT2D eigenvalue weighted by Gasteiger charge is -2.18. The largest absolute Gasteiger partial charge is 0.486 e. The van der Waals surface area contributed by atoms with Crippen molar-refractivity contribution in [3.05, 3.63) is 42.1 Å². The van der Waals surface area contributed by atoms with Gasteiger partial charge in [0.1, 0.15) is 18.2 Å². The molecule has 0 aliphatic carbocycles. The third kappa shape index (κ3) is 2.70. The van der Waals surface area contributed by atoms with Crippen molar-refractivity contribution in [1.29, 1.82) is 0 Å². The van der Waals surface area contributed by atoms with Crippen LogP contribution in [0.4, 0.5) is 0 Å². The number of carboxylic acids is 1. The van der Waals surface area contributed by atoms with E-state index in [0.717, 1.165) is 10.6 Å². The fourth-order valence-electron chi connectivity index (χ4n) is 1.81. The van der Waals surface area contributed by atoms with Gasteiger partial charge in [-0.2, -0.15) is 0 Å². The van der Waals surface area contributed by atoms with Gasteiger partial charge in [0, 0.05) is 11.1 Å². The van der Waals surface area contributed by atoms with Crippen molar-refractivity contribution in [1.82, 2.24) is 4.98 Å². The minimum Gasteiger partial charge on any atom is -0.486 e. The van der Waals surface area contributed by atoms with Gasteiger partial charge in [0.15, 0.2) is 11.5 Å². The van der Waals surface area contributed by atoms with Gasteiger partial charge in [0.25, 0.3) is 0 Å². The van der Waals surface area contributed by atoms with Crippen molar-refractivity contribution in [2.75, 3.05) is 13.2 Å². The van der Waals surface area contributed by atoms with Crippen LogP contribution >= 0.6 is 11.8 Å². The molecule has 0 saturated carbocycles. The summed E-state index contributed by atoms with van der Waals surface area (Å²) >= 11 is 1.38. The Hall–Kier alpha value is -2.21. The molecule has 3 rings (SSSR count). The highest BCUT2D eigenvalue weighted by molar-refractivity contribution is 7.99. The molecule has 102 valence electrons. The van der Waals surface area contributed by atoms with Crippen molar-refractivity contribution >= 4 is 17.7 Å². The number of carbonyl (C=O) groups is 1. The topological polar surface area (TPSA) is 68.7 Å². The number of aromatic carboxylic acids is 1. The maximum absolute atomic E-state index is 10.9. The molecular weight excluding hydrogens is 278 g/mol. The zero-order chi connectivity index (χ0) is 13.9. The van der Waals surface area contributed by atoms with E-state index in [4.69, 9.17) is 14.6 Å². The third-order valence-corrected chi connectivity index (χ3v) is 3.64. The lowest BCUT2D eigenvalue weighted by Crippen LogP contribution is -2.15. The molecule has 2 heterocycles. The van der Waals surface area contributed by atoms with Gasteiger partial charge in [-0.1, -0.05) is 11.8 Å². The number of pyridine rings is 1. The molecule has 0 bridgehead atoms. The normalized spacial score (nSPS) is 13.0. The van der Waals surface area contributed by atoms with Crippen molar-refractivity contribution in [2.24, 2.45) is 0 Å². The zero-order valence-electron chi connectivity index (χ0n) is 10.4. The van der Waals surface area contributed by atoms with Crippen LogP contribution in [0.3, 0.4) is 0 Å². The molecule has 0 unspecified atom stereocenters. The predicted octanol–water partition coefficient (Wildman–Crippen LogP) is 2.70. The van der Waals surface area contributed by atoms with Crippen LogP contribution < -0.4 is 9.47 Å². The molecule has 0 saturated heterocycles. The van der Waals surface area contributed by atoms with Gasteiger partial charge in [0.2, 0.25) is 0 Å². The van der Waals surface area contributed by atoms with Crippen LogP contribution in [-0.2, 0) is 0 Å². The highest BCUT2D eigenvalue weighted by atomic mass is 32.2. The summed E-state index contributed by atoms with van der Waals surface area (Å²) in [5, 5.41) is 9.59. The maximum atomic E-state index is 10.9. The number of carboxylic acid groups (broad SMARTS) is 1. The summed E-state index contributed by atoms with van der Waals surface area (Å²) in [5.41, 5.74) is 0.222. The van der Waals surface area contributed by atoms with Crippen LogP contribution in [0.2, 0.25) is 0 Å². The Labute approximate surface area is 119 Å². The average molecular weight is 289 g/mol. The molecule has 0 spiro atoms. The van der Waals surface area contributed by atoms with Crippen molar-refractivity contribution < 1.29 is 19.4 Å². The van der Waals surface area contributed by atoms with Gasteiger partial charge in [-0.05, 0) is 30.3 Å². The number of hydrogen-bond acceptors (Lipinski definition) is 5. The van der Waals surface area contributed by atoms with Gasteiger partial charge in [-0.3, -0.25) is 0 Å². The molecule has 1 aromatic carbocycles. The van der Waals surface area contributed by atoms with Crippen molar-refractivity contribution in [2.45, 2.75) is 9.92 Å². The fourth-order valence-corrected chi connectivity index (χ4v) is 2.65. The van der Waals surface area contributed by atoms with Crippen LogP contribution in [0.1, 0.15) is 10.4 Å². The van der Waals surface area contributed by atoms with Crippen molar-refractivity contribution in [3.63, 3.8) is 0 Å². The number of hydrogen-bond donors (Lipinski definition) is 1. The second-order valence-corrected chi connectivity index (χ2v) is 5.19. The van der Waals surface area contributed by atoms with Crippen LogP contribution in [-0.4, -0.2) is 29.3 Å². The standard InChI is InChI=1S/C14H11NO4S/c16-14(17)9-3-4-15-13(7-9)20-10-1-2-11-12(8-10)19-6-5-18-11/h1-4,7-8H,5-6H2,(H,16,17). The third-order valence-electron chi connectivity index (χ3n) is 2.72. The lowest BCUT2D eigenvalue weighted by atomic mass is 10.3. The zero-order valence-corrected chi connectivity index (χ0v) is 11.2. The highest BCUT2D eigenvalue weighted by Crippen LogP contribution is 2.36. The molecule has 6 heteroatoms. The van der Waals surface area contributed by atoms with E-state index >= 15 is 0 Å². The number of aromatic nitrogens is 1. The Morgan fingerprint density at radius 2 is 1.95 bits per heavy atom. The van der Waals surface area contributed by atoms with Crippen LogP contribution in [0.15, 0.2) is 46.5 Å². The Kier molecular flexibility index (Phi) is 3.47. The van der Waals surface area contributed by atoms with Crippen molar-refractivity contribution in [3.8, 4) is 11.5 Å². The molecule has 20 heavy (non-hydrogen) atoms. The summed E-state index contributed by atoms with van der Waals surface area (Å²) < 4.78 is 11.0. The monoisotopic (exact) mass is 289 g/mol. The minimum atomic E-state index is -0.962. The van der Waals surface area contributed by atoms with Crippen LogP contribution in [0.25, 0.3) is 0 Å². The molecule has 1 aliphatic rings. The van der Waals surface area contributed by atoms with E-state index in [-0.39, 0.29) is 5.56 Å². The number of rotatable bonds is 3. The van der Waals surface area contributed by atoms with E-state index in [1.807, 2.05) is 18.2 Å². The molecule has 0 radical (unpaired) electrons. The number of benzene rings is 1. The van der Waals surface area contributed by atoms with E-state index in [0.29, 0.717) is 24.0 Å². The Bertz CT molecular complexity index is 659. The average Bonchev–Trinajstić information content (AvgIpc) is 2.47. The second-order valence-electron chi connectivity index (χ2n) is 4.10. The van der Waals surface area contributed by atoms with E-state index in [9.17, 15) is 4.79 Å². The highest BCUT2D eigenvalue weighted by Gasteiger charge is 2.13. The number of fused-ring (bicyclic) bond motifs is 1. The van der Waals surface area contributed by atoms with E-state index < -0.39 is 5.97 Å². The summed E-state index contributed by atoms with van der Waals surface area (Å²) in [6.07, 6.45) is 1.49. The molecule has 0 amide bonds. The fraction of sp³-hybridized carbons (Fsp3) is 0.143. The second kappa shape index (κ2) is 5.42. The van der Waals surface area contributed by atoms with Gasteiger partial charge in [0.05, 0.1) is 5.56 Å². The number of nitrogens with zero attached hydrogens (tertiary/aromatic N) is 1. The Morgan fingerprint density at radius 3 is 2.75 bits per heavy atom. The van der Waals surface area contributed by atoms with E-state index in [1.165, 1.54) is 24.0 Å². The first kappa shape index (κ1) is 12.8. The smallest absolute Gasteiger partial charge is 0.335 e. The predicted molar refractivity (Wildman–Crippen MR) is 72.8 cm³/mol. The minimum absolute atomic E-state index is 0.222. The van der Waals surface area contributed by atoms with Crippen LogP contribution in [0, 0.1) is 0 Å². The molecular formula is C14H11NO4S. The summed E-state index contributed by atoms with van der Waals surface area (Å²) in [5.74, 6) is 0.472. The lowest BCUT2D eigenvalue weighted by molar-refractivity contribution is 0.0696. The molecule has 1 N–H and O–H groups in total. The molecule has 0 atom stereocenters. The molecule has 0 fully saturated rings. The first-order chi connectivity index (χ1) is 9.72. The van der Waals surface area contributed by atoms with Gasteiger partial charge >= 0.3 is 5.97 Å². The summed E-state index contributed by atoms with van der Waals surface area (Å²) in [4.78, 5) is 16.0. The first-order valence-electron chi connectivity index (χ1n) is 5.99. The molecule has 2 aromatic rings. The SMILES string of the molecule is O=C(O)c1ccnc(Sc2ccc3c(c2)OCCO3)c1. The van der Waals surface area contributed by atoms with Gasteiger partial charge in [-0.25, -0.2) is 9.78 Å². The quantitative estimate of drug-likeness (QED) is 0.937. The Balaban J connectivity index is 1.84. The van der Waals surface area contributed by atoms with Gasteiger partial charge < -0.3 is 14.6 Å². The van der Waals surface area contributed by atoms with Crippen LogP contribution in [0.5, 0.6) is 11.5 Å². The van der Waals surface area contributed by atoms with Gasteiger partial charge in [-0.15, -0.1) is 0 Å².